The van der Waals surface area contributed by atoms with Crippen molar-refractivity contribution in [3.8, 4) is 0 Å². The minimum absolute atomic E-state index is 0.00519. The van der Waals surface area contributed by atoms with E-state index in [0.29, 0.717) is 74.5 Å². The molecule has 87 heavy (non-hydrogen) atoms. The molecule has 4 spiro atoms. The molecule has 6 heterocycles. The van der Waals surface area contributed by atoms with Crippen LogP contribution >= 0.6 is 46.4 Å². The summed E-state index contributed by atoms with van der Waals surface area (Å²) in [5, 5.41) is 35.1. The summed E-state index contributed by atoms with van der Waals surface area (Å²) < 4.78 is 53.4. The molecule has 2 aromatic heterocycles. The number of ketones is 1. The molecular weight excluding hydrogens is 1210 g/mol. The number of carboxylic acid groups (broad SMARTS) is 1. The first-order chi connectivity index (χ1) is 41.3. The quantitative estimate of drug-likeness (QED) is 0.0810. The molecule has 4 aliphatic heterocycles. The van der Waals surface area contributed by atoms with E-state index in [2.05, 4.69) is 48.3 Å². The summed E-state index contributed by atoms with van der Waals surface area (Å²) in [6.07, 6.45) is 7.44. The van der Waals surface area contributed by atoms with Crippen LogP contribution in [-0.2, 0) is 49.0 Å². The molecule has 472 valence electrons. The van der Waals surface area contributed by atoms with Gasteiger partial charge >= 0.3 is 5.97 Å². The fraction of sp³-hybridized carbons (Fsp3) is 0.600. The van der Waals surface area contributed by atoms with Crippen LogP contribution in [0.3, 0.4) is 0 Å². The normalized spacial score (nSPS) is 32.2. The van der Waals surface area contributed by atoms with Crippen LogP contribution in [0.2, 0.25) is 20.4 Å². The fourth-order valence-corrected chi connectivity index (χ4v) is 17.5. The molecule has 22 heteroatoms. The Morgan fingerprint density at radius 1 is 0.644 bits per heavy atom. The van der Waals surface area contributed by atoms with E-state index in [0.717, 1.165) is 32.1 Å². The van der Waals surface area contributed by atoms with Gasteiger partial charge in [0, 0.05) is 55.6 Å². The number of nitrogens with two attached hydrogens (primary N) is 1. The number of ether oxygens (including phenoxy) is 4. The van der Waals surface area contributed by atoms with Crippen molar-refractivity contribution < 1.29 is 62.2 Å². The topological polar surface area (TPSA) is 242 Å². The van der Waals surface area contributed by atoms with Crippen LogP contribution < -0.4 is 16.4 Å². The fourth-order valence-electron chi connectivity index (χ4n) is 16.8. The minimum atomic E-state index is -1.29. The second kappa shape index (κ2) is 25.3. The summed E-state index contributed by atoms with van der Waals surface area (Å²) in [6.45, 7) is 9.52. The number of aromatic nitrogens is 2. The average Bonchev–Trinajstić information content (AvgIpc) is 1.56. The number of aliphatic carboxylic acids is 1. The van der Waals surface area contributed by atoms with E-state index in [-0.39, 0.29) is 116 Å². The lowest BCUT2D eigenvalue weighted by molar-refractivity contribution is -0.142. The van der Waals surface area contributed by atoms with Gasteiger partial charge in [-0.05, 0) is 140 Å². The zero-order valence-electron chi connectivity index (χ0n) is 49.9. The SMILES string of the molecule is CC1(C)CCC2(CC1)C[C@@H](C(=O)O)[C@H](c1cccc(Cl)c1F)C21C(=O)Nc2nc(Cl)ccc21.CO[C@@H]1C[C@@H](CC(=O)[C@@H]2CC3(CCC(C)(C)CC3)[C@@]3(C(=O)Nc4nc(Cl)ccc43)[C@H]2c2cccc(Cl)c2F)CO[C@@H]1CO.CO[C@@H]1C[C@@H](N)CO[C@@H]1CO. The molecule has 12 atom stereocenters. The van der Waals surface area contributed by atoms with Gasteiger partial charge in [-0.2, -0.15) is 0 Å². The molecule has 4 saturated carbocycles. The molecule has 12 rings (SSSR count). The maximum atomic E-state index is 16.1. The number of rotatable bonds is 10. The molecular formula is C65H79Cl4F2N5O11. The predicted octanol–water partition coefficient (Wildman–Crippen LogP) is 11.8. The molecule has 0 radical (unpaired) electrons. The first-order valence-corrected chi connectivity index (χ1v) is 31.6. The summed E-state index contributed by atoms with van der Waals surface area (Å²) in [6, 6.07) is 16.4. The number of anilines is 2. The Hall–Kier alpha value is -4.44. The van der Waals surface area contributed by atoms with Crippen LogP contribution in [0.4, 0.5) is 20.4 Å². The van der Waals surface area contributed by atoms with E-state index in [4.69, 9.17) is 76.2 Å². The van der Waals surface area contributed by atoms with Gasteiger partial charge in [-0.1, -0.05) is 110 Å². The lowest BCUT2D eigenvalue weighted by Crippen LogP contribution is -2.52. The number of carbonyl (C=O) groups is 4. The second-order valence-corrected chi connectivity index (χ2v) is 28.7. The monoisotopic (exact) mass is 1280 g/mol. The van der Waals surface area contributed by atoms with Gasteiger partial charge in [0.1, 0.15) is 51.6 Å². The number of aliphatic hydroxyl groups is 2. The number of aliphatic hydroxyl groups excluding tert-OH is 2. The van der Waals surface area contributed by atoms with Crippen LogP contribution in [-0.4, -0.2) is 120 Å². The Balaban J connectivity index is 0.000000168. The van der Waals surface area contributed by atoms with E-state index >= 15 is 8.78 Å². The smallest absolute Gasteiger partial charge is 0.307 e. The standard InChI is InChI=1S/C33H39Cl2FN2O5.C25H25Cl2FN2O3.C7H15NO3/c1-31(2)9-11-32(12-10-31)15-20(23(40)13-18-14-24(42-3)25(16-39)43-17-18)27(19-5-4-6-22(34)28(19)36)33(32)21-7-8-26(35)37-29(21)38-30(33)41;1-23(2)8-10-24(11-9-23)12-14(21(31)32)18(13-4-3-5-16(26)19(13)28)25(24)15-6-7-17(27)29-20(15)30-22(25)33;1-10-6-2-5(8)4-11-7(6)3-9/h4-8,18,20,24-25,27,39H,9-17H2,1-3H3,(H,37,38,41);3-7,14,18H,8-12H2,1-2H3,(H,31,32)(H,29,30,33);5-7,9H,2-4,8H2,1H3/t18-,20+,24-,25-,27+,33-;14-,18+,25?;5-,6-,7-/m111/s1. The van der Waals surface area contributed by atoms with Crippen molar-refractivity contribution in [2.24, 2.45) is 45.1 Å². The van der Waals surface area contributed by atoms with E-state index in [9.17, 15) is 29.4 Å². The van der Waals surface area contributed by atoms with Crippen molar-refractivity contribution in [2.45, 2.75) is 164 Å². The number of amides is 2. The Bertz CT molecular complexity index is 3270. The van der Waals surface area contributed by atoms with E-state index in [1.807, 2.05) is 6.07 Å². The zero-order chi connectivity index (χ0) is 62.8. The third-order valence-electron chi connectivity index (χ3n) is 21.3. The summed E-state index contributed by atoms with van der Waals surface area (Å²) in [5.74, 6) is -5.68. The maximum absolute atomic E-state index is 16.1. The van der Waals surface area contributed by atoms with Crippen molar-refractivity contribution in [3.63, 3.8) is 0 Å². The van der Waals surface area contributed by atoms with Gasteiger partial charge in [-0.15, -0.1) is 0 Å². The number of halogens is 6. The average molecular weight is 1290 g/mol. The Morgan fingerprint density at radius 3 is 1.51 bits per heavy atom. The molecule has 0 bridgehead atoms. The number of carbonyl (C=O) groups excluding carboxylic acids is 3. The first kappa shape index (κ1) is 65.5. The van der Waals surface area contributed by atoms with Gasteiger partial charge < -0.3 is 50.6 Å². The molecule has 2 saturated heterocycles. The van der Waals surface area contributed by atoms with Gasteiger partial charge in [-0.3, -0.25) is 19.2 Å². The van der Waals surface area contributed by atoms with E-state index < -0.39 is 69.0 Å². The number of pyridine rings is 2. The second-order valence-electron chi connectivity index (χ2n) is 27.1. The Morgan fingerprint density at radius 2 is 1.07 bits per heavy atom. The van der Waals surface area contributed by atoms with E-state index in [1.165, 1.54) is 12.1 Å². The van der Waals surface area contributed by atoms with Crippen LogP contribution in [0.5, 0.6) is 0 Å². The van der Waals surface area contributed by atoms with Crippen molar-refractivity contribution in [3.05, 3.63) is 115 Å². The van der Waals surface area contributed by atoms with Gasteiger partial charge in [-0.25, -0.2) is 18.7 Å². The lowest BCUT2D eigenvalue weighted by Gasteiger charge is -2.50. The largest absolute Gasteiger partial charge is 0.481 e. The van der Waals surface area contributed by atoms with Crippen LogP contribution in [0.15, 0.2) is 60.7 Å². The Labute approximate surface area is 526 Å². The molecule has 2 amide bonds. The first-order valence-electron chi connectivity index (χ1n) is 30.1. The van der Waals surface area contributed by atoms with Crippen LogP contribution in [0.1, 0.15) is 145 Å². The highest BCUT2D eigenvalue weighted by Gasteiger charge is 2.75. The lowest BCUT2D eigenvalue weighted by atomic mass is 9.51. The number of nitrogens with one attached hydrogen (secondary N) is 2. The summed E-state index contributed by atoms with van der Waals surface area (Å²) in [7, 11) is 3.18. The molecule has 4 aliphatic carbocycles. The highest BCUT2D eigenvalue weighted by molar-refractivity contribution is 6.31. The van der Waals surface area contributed by atoms with Crippen molar-refractivity contribution in [1.82, 2.24) is 9.97 Å². The number of fused-ring (bicyclic) bond motifs is 6. The summed E-state index contributed by atoms with van der Waals surface area (Å²) >= 11 is 24.9. The Kier molecular flexibility index (Phi) is 19.1. The van der Waals surface area contributed by atoms with Crippen molar-refractivity contribution >= 4 is 81.6 Å². The molecule has 8 aliphatic rings. The van der Waals surface area contributed by atoms with Crippen molar-refractivity contribution in [1.29, 1.82) is 0 Å². The van der Waals surface area contributed by atoms with Crippen LogP contribution in [0, 0.1) is 51.0 Å². The third kappa shape index (κ3) is 11.5. The molecule has 1 unspecified atom stereocenters. The van der Waals surface area contributed by atoms with Crippen molar-refractivity contribution in [2.75, 3.05) is 51.3 Å². The number of methoxy groups -OCH3 is 2. The molecule has 16 nitrogen and oxygen atoms in total. The number of nitrogens with zero attached hydrogens (tertiary/aromatic N) is 2. The van der Waals surface area contributed by atoms with Gasteiger partial charge in [0.05, 0.1) is 65.4 Å². The van der Waals surface area contributed by atoms with Crippen LogP contribution in [0.25, 0.3) is 0 Å². The molecule has 6 fully saturated rings. The molecule has 2 aromatic carbocycles. The number of hydrogen-bond acceptors (Lipinski definition) is 13. The number of hydrogen-bond donors (Lipinski definition) is 6. The molecule has 7 N–H and O–H groups in total. The van der Waals surface area contributed by atoms with Gasteiger partial charge in [0.15, 0.2) is 0 Å². The number of benzene rings is 2. The zero-order valence-corrected chi connectivity index (χ0v) is 52.9. The summed E-state index contributed by atoms with van der Waals surface area (Å²) in [4.78, 5) is 64.5. The highest BCUT2D eigenvalue weighted by Crippen LogP contribution is 2.74. The maximum Gasteiger partial charge on any atom is 0.307 e. The van der Waals surface area contributed by atoms with Gasteiger partial charge in [0.2, 0.25) is 11.8 Å². The minimum Gasteiger partial charge on any atom is -0.481 e. The summed E-state index contributed by atoms with van der Waals surface area (Å²) in [5.41, 5.74) is 3.73. The van der Waals surface area contributed by atoms with E-state index in [1.54, 1.807) is 56.7 Å². The number of Topliss-reactive ketones (excluding diaryl/α,β-unsaturated/α-hetero) is 1. The predicted molar refractivity (Wildman–Crippen MR) is 326 cm³/mol. The molecule has 4 aromatic rings. The third-order valence-corrected chi connectivity index (χ3v) is 22.3. The number of carboxylic acids is 1. The highest BCUT2D eigenvalue weighted by atomic mass is 35.5. The van der Waals surface area contributed by atoms with Gasteiger partial charge in [0.25, 0.3) is 0 Å².